The molecule has 0 unspecified atom stereocenters. The molecule has 50 heavy (non-hydrogen) atoms. The van der Waals surface area contributed by atoms with Crippen LogP contribution in [0.15, 0.2) is 84.4 Å². The van der Waals surface area contributed by atoms with E-state index >= 15 is 0 Å². The number of nitrogens with one attached hydrogen (secondary N) is 2. The second-order valence-electron chi connectivity index (χ2n) is 13.4. The first kappa shape index (κ1) is 37.5. The molecule has 1 aliphatic carbocycles. The number of nitrogens with two attached hydrogens (primary N) is 1. The normalized spacial score (nSPS) is 16.6. The van der Waals surface area contributed by atoms with Crippen molar-refractivity contribution in [3.05, 3.63) is 95.6 Å². The highest BCUT2D eigenvalue weighted by molar-refractivity contribution is 5.96. The van der Waals surface area contributed by atoms with Crippen LogP contribution in [-0.2, 0) is 36.9 Å². The number of primary amides is 1. The smallest absolute Gasteiger partial charge is 0.408 e. The van der Waals surface area contributed by atoms with Gasteiger partial charge in [0.1, 0.15) is 24.0 Å². The number of hydrogen-bond acceptors (Lipinski definition) is 7. The predicted octanol–water partition coefficient (Wildman–Crippen LogP) is 5.87. The number of nitrogens with zero attached hydrogens (tertiary/aromatic N) is 1. The highest BCUT2D eigenvalue weighted by Gasteiger charge is 2.32. The maximum Gasteiger partial charge on any atom is 0.408 e. The number of ether oxygens (including phenoxy) is 1. The fraction of sp³-hybridized carbons (Fsp3) is 0.400. The topological polar surface area (TPSA) is 168 Å². The summed E-state index contributed by atoms with van der Waals surface area (Å²) in [5, 5.41) is 17.1. The van der Waals surface area contributed by atoms with E-state index in [1.807, 2.05) is 86.6 Å². The number of carbonyl (C=O) groups is 5. The van der Waals surface area contributed by atoms with Gasteiger partial charge in [0.2, 0.25) is 5.91 Å². The van der Waals surface area contributed by atoms with Crippen LogP contribution in [0.1, 0.15) is 69.9 Å². The average molecular weight is 679 g/mol. The molecule has 10 nitrogen and oxygen atoms in total. The number of rotatable bonds is 16. The van der Waals surface area contributed by atoms with Crippen LogP contribution in [0.25, 0.3) is 10.8 Å². The fourth-order valence-electron chi connectivity index (χ4n) is 6.54. The molecule has 0 radical (unpaired) electrons. The Morgan fingerprint density at radius 2 is 1.70 bits per heavy atom. The van der Waals surface area contributed by atoms with E-state index in [1.54, 1.807) is 6.07 Å². The predicted molar refractivity (Wildman–Crippen MR) is 190 cm³/mol. The fourth-order valence-corrected chi connectivity index (χ4v) is 6.54. The van der Waals surface area contributed by atoms with E-state index in [4.69, 9.17) is 10.5 Å². The molecule has 1 fully saturated rings. The van der Waals surface area contributed by atoms with Gasteiger partial charge in [-0.1, -0.05) is 93.1 Å². The molecule has 0 spiro atoms. The lowest BCUT2D eigenvalue weighted by Crippen LogP contribution is -2.46. The van der Waals surface area contributed by atoms with Crippen molar-refractivity contribution >= 4 is 40.2 Å². The number of fused-ring (bicyclic) bond motifs is 1. The molecule has 4 atom stereocenters. The molecule has 262 valence electrons. The number of ketones is 2. The molecule has 3 aromatic rings. The number of Topliss-reactive ketones (excluding diaryl/α,β-unsaturated/α-hetero) is 2. The van der Waals surface area contributed by atoms with Gasteiger partial charge < -0.3 is 21.1 Å². The van der Waals surface area contributed by atoms with Gasteiger partial charge in [-0.25, -0.2) is 4.79 Å². The van der Waals surface area contributed by atoms with E-state index < -0.39 is 35.9 Å². The van der Waals surface area contributed by atoms with Crippen molar-refractivity contribution in [2.75, 3.05) is 0 Å². The van der Waals surface area contributed by atoms with Crippen LogP contribution in [0.5, 0.6) is 0 Å². The molecule has 10 heteroatoms. The Kier molecular flexibility index (Phi) is 13.9. The van der Waals surface area contributed by atoms with E-state index in [-0.39, 0.29) is 54.8 Å². The molecule has 0 heterocycles. The third-order valence-electron chi connectivity index (χ3n) is 9.07. The van der Waals surface area contributed by atoms with Crippen LogP contribution in [0.2, 0.25) is 0 Å². The second kappa shape index (κ2) is 18.5. The van der Waals surface area contributed by atoms with E-state index in [9.17, 15) is 29.2 Å². The van der Waals surface area contributed by atoms with Gasteiger partial charge in [0.05, 0.1) is 6.04 Å². The van der Waals surface area contributed by atoms with Gasteiger partial charge in [-0.2, -0.15) is 5.26 Å². The van der Waals surface area contributed by atoms with Gasteiger partial charge in [-0.3, -0.25) is 19.2 Å². The number of hydrogen-bond donors (Lipinski definition) is 3. The van der Waals surface area contributed by atoms with Gasteiger partial charge in [0, 0.05) is 37.1 Å². The van der Waals surface area contributed by atoms with E-state index in [0.29, 0.717) is 19.3 Å². The first-order valence-electron chi connectivity index (χ1n) is 17.2. The second-order valence-corrected chi connectivity index (χ2v) is 13.4. The molecule has 1 saturated carbocycles. The van der Waals surface area contributed by atoms with Gasteiger partial charge in [0.15, 0.2) is 5.78 Å². The quantitative estimate of drug-likeness (QED) is 0.126. The summed E-state index contributed by atoms with van der Waals surface area (Å²) in [6.45, 7) is 3.90. The zero-order valence-electron chi connectivity index (χ0n) is 28.7. The Balaban J connectivity index is 1.57. The SMILES string of the molecule is CC(C)C[C@H](CC(=O)[C@H](Cc1cccc2ccccc12)NC(=O)OCc1ccccc1)C(=O)N[C@H](/C=C(\C#N)C(N)=O)C[C@@H]1CCCCC1=O. The summed E-state index contributed by atoms with van der Waals surface area (Å²) >= 11 is 0. The standard InChI is InChI=1S/C40H46N4O6/c1-26(2)19-31(39(48)43-33(21-32(24-41)38(42)47)20-30-14-7-9-18-36(30)45)23-37(46)35(44-40(49)50-25-27-11-4-3-5-12-27)22-29-16-10-15-28-13-6-8-17-34(28)29/h3-6,8,10-13,15-17,21,26,30-31,33,35H,7,9,14,18-20,22-23,25H2,1-2H3,(H2,42,47)(H,43,48)(H,44,49)/b32-21+/t30-,31+,33-,35-/m0/s1. The summed E-state index contributed by atoms with van der Waals surface area (Å²) in [5.74, 6) is -2.74. The van der Waals surface area contributed by atoms with Gasteiger partial charge in [-0.15, -0.1) is 0 Å². The lowest BCUT2D eigenvalue weighted by Gasteiger charge is -2.27. The van der Waals surface area contributed by atoms with Crippen LogP contribution >= 0.6 is 0 Å². The van der Waals surface area contributed by atoms with Gasteiger partial charge >= 0.3 is 6.09 Å². The first-order valence-corrected chi connectivity index (χ1v) is 17.2. The van der Waals surface area contributed by atoms with Crippen LogP contribution in [0, 0.1) is 29.1 Å². The molecule has 3 aromatic carbocycles. The monoisotopic (exact) mass is 678 g/mol. The summed E-state index contributed by atoms with van der Waals surface area (Å²) in [6, 6.07) is 22.7. The van der Waals surface area contributed by atoms with Crippen molar-refractivity contribution in [2.45, 2.75) is 83.9 Å². The molecule has 0 aliphatic heterocycles. The molecule has 1 aliphatic rings. The molecule has 4 N–H and O–H groups in total. The number of carbonyl (C=O) groups excluding carboxylic acids is 5. The Morgan fingerprint density at radius 3 is 2.40 bits per heavy atom. The van der Waals surface area contributed by atoms with Crippen LogP contribution in [-0.4, -0.2) is 41.6 Å². The minimum Gasteiger partial charge on any atom is -0.445 e. The number of alkyl carbamates (subject to hydrolysis) is 1. The maximum absolute atomic E-state index is 14.1. The minimum atomic E-state index is -0.998. The summed E-state index contributed by atoms with van der Waals surface area (Å²) in [4.78, 5) is 65.7. The third kappa shape index (κ3) is 11.1. The summed E-state index contributed by atoms with van der Waals surface area (Å²) < 4.78 is 5.47. The van der Waals surface area contributed by atoms with Crippen LogP contribution in [0.3, 0.4) is 0 Å². The molecule has 0 saturated heterocycles. The van der Waals surface area contributed by atoms with Gasteiger partial charge in [0.25, 0.3) is 5.91 Å². The van der Waals surface area contributed by atoms with E-state index in [2.05, 4.69) is 10.6 Å². The Labute approximate surface area is 293 Å². The molecular formula is C40H46N4O6. The van der Waals surface area contributed by atoms with Crippen molar-refractivity contribution in [3.63, 3.8) is 0 Å². The summed E-state index contributed by atoms with van der Waals surface area (Å²) in [7, 11) is 0. The van der Waals surface area contributed by atoms with E-state index in [1.165, 1.54) is 6.08 Å². The highest BCUT2D eigenvalue weighted by atomic mass is 16.5. The molecule has 3 amide bonds. The number of amides is 3. The Morgan fingerprint density at radius 1 is 0.980 bits per heavy atom. The Bertz CT molecular complexity index is 1740. The lowest BCUT2D eigenvalue weighted by molar-refractivity contribution is -0.131. The Hall–Kier alpha value is -5.30. The van der Waals surface area contributed by atoms with Crippen molar-refractivity contribution < 1.29 is 28.7 Å². The zero-order valence-corrected chi connectivity index (χ0v) is 28.7. The third-order valence-corrected chi connectivity index (χ3v) is 9.07. The zero-order chi connectivity index (χ0) is 36.0. The lowest BCUT2D eigenvalue weighted by atomic mass is 9.83. The molecule has 0 aromatic heterocycles. The average Bonchev–Trinajstić information content (AvgIpc) is 3.10. The number of nitriles is 1. The van der Waals surface area contributed by atoms with Crippen molar-refractivity contribution in [1.29, 1.82) is 5.26 Å². The molecular weight excluding hydrogens is 632 g/mol. The van der Waals surface area contributed by atoms with E-state index in [0.717, 1.165) is 34.7 Å². The maximum atomic E-state index is 14.1. The molecule has 0 bridgehead atoms. The molecule has 4 rings (SSSR count). The van der Waals surface area contributed by atoms with Crippen LogP contribution < -0.4 is 16.4 Å². The number of benzene rings is 3. The van der Waals surface area contributed by atoms with Crippen molar-refractivity contribution in [1.82, 2.24) is 10.6 Å². The largest absolute Gasteiger partial charge is 0.445 e. The van der Waals surface area contributed by atoms with Gasteiger partial charge in [-0.05, 0) is 59.6 Å². The summed E-state index contributed by atoms with van der Waals surface area (Å²) in [6.07, 6.45) is 3.88. The minimum absolute atomic E-state index is 0.0224. The highest BCUT2D eigenvalue weighted by Crippen LogP contribution is 2.27. The van der Waals surface area contributed by atoms with Crippen LogP contribution in [0.4, 0.5) is 4.79 Å². The van der Waals surface area contributed by atoms with Crippen molar-refractivity contribution in [2.24, 2.45) is 23.5 Å². The first-order chi connectivity index (χ1) is 24.0. The summed E-state index contributed by atoms with van der Waals surface area (Å²) in [5.41, 5.74) is 6.74. The van der Waals surface area contributed by atoms with Crippen molar-refractivity contribution in [3.8, 4) is 6.07 Å².